The van der Waals surface area contributed by atoms with Gasteiger partial charge in [0.1, 0.15) is 5.82 Å². The van der Waals surface area contributed by atoms with E-state index in [-0.39, 0.29) is 0 Å². The summed E-state index contributed by atoms with van der Waals surface area (Å²) in [5.74, 6) is 2.92. The minimum Gasteiger partial charge on any atom is -0.419 e. The number of hydrogen-bond donors (Lipinski definition) is 0. The number of rotatable bonds is 5. The van der Waals surface area contributed by atoms with Gasteiger partial charge in [-0.2, -0.15) is 0 Å². The van der Waals surface area contributed by atoms with E-state index < -0.39 is 0 Å². The van der Waals surface area contributed by atoms with E-state index in [9.17, 15) is 0 Å². The molecule has 1 aromatic carbocycles. The molecule has 136 valence electrons. The predicted molar refractivity (Wildman–Crippen MR) is 99.6 cm³/mol. The van der Waals surface area contributed by atoms with E-state index in [0.29, 0.717) is 30.3 Å². The van der Waals surface area contributed by atoms with Gasteiger partial charge >= 0.3 is 0 Å². The minimum atomic E-state index is 0.437. The molecule has 6 heteroatoms. The van der Waals surface area contributed by atoms with Gasteiger partial charge < -0.3 is 8.98 Å². The van der Waals surface area contributed by atoms with E-state index in [2.05, 4.69) is 44.7 Å². The molecule has 0 aliphatic carbocycles. The molecule has 0 unspecified atom stereocenters. The molecule has 2 aromatic heterocycles. The van der Waals surface area contributed by atoms with Crippen molar-refractivity contribution in [1.82, 2.24) is 24.6 Å². The molecule has 3 aromatic rings. The lowest BCUT2D eigenvalue weighted by Gasteiger charge is -2.32. The number of aromatic nitrogens is 4. The van der Waals surface area contributed by atoms with Crippen LogP contribution in [0.15, 0.2) is 47.1 Å². The maximum Gasteiger partial charge on any atom is 0.247 e. The lowest BCUT2D eigenvalue weighted by Crippen LogP contribution is -2.35. The molecule has 1 aliphatic rings. The van der Waals surface area contributed by atoms with Gasteiger partial charge in [0.2, 0.25) is 11.8 Å². The molecule has 0 saturated carbocycles. The molecular weight excluding hydrogens is 326 g/mol. The summed E-state index contributed by atoms with van der Waals surface area (Å²) < 4.78 is 8.16. The van der Waals surface area contributed by atoms with Crippen molar-refractivity contribution >= 4 is 0 Å². The Morgan fingerprint density at radius 3 is 2.85 bits per heavy atom. The minimum absolute atomic E-state index is 0.437. The van der Waals surface area contributed by atoms with Crippen molar-refractivity contribution in [3.05, 3.63) is 54.4 Å². The maximum absolute atomic E-state index is 5.88. The topological polar surface area (TPSA) is 60.0 Å². The SMILES string of the molecule is CC(C)n1ccnc1[C@H]1CCCN(Cc2nnc(-c3ccccc3)o2)C1. The van der Waals surface area contributed by atoms with Gasteiger partial charge in [0, 0.05) is 36.5 Å². The van der Waals surface area contributed by atoms with Gasteiger partial charge in [-0.25, -0.2) is 4.98 Å². The Bertz CT molecular complexity index is 839. The second kappa shape index (κ2) is 7.41. The zero-order valence-electron chi connectivity index (χ0n) is 15.4. The first-order valence-corrected chi connectivity index (χ1v) is 9.33. The monoisotopic (exact) mass is 351 g/mol. The lowest BCUT2D eigenvalue weighted by atomic mass is 9.97. The second-order valence-electron chi connectivity index (χ2n) is 7.23. The number of benzene rings is 1. The second-order valence-corrected chi connectivity index (χ2v) is 7.23. The fraction of sp³-hybridized carbons (Fsp3) is 0.450. The summed E-state index contributed by atoms with van der Waals surface area (Å²) in [7, 11) is 0. The summed E-state index contributed by atoms with van der Waals surface area (Å²) in [5.41, 5.74) is 0.960. The normalized spacial score (nSPS) is 18.5. The fourth-order valence-electron chi connectivity index (χ4n) is 3.69. The Morgan fingerprint density at radius 1 is 1.19 bits per heavy atom. The third-order valence-corrected chi connectivity index (χ3v) is 4.97. The maximum atomic E-state index is 5.88. The van der Waals surface area contributed by atoms with Gasteiger partial charge in [-0.3, -0.25) is 4.90 Å². The molecule has 1 atom stereocenters. The van der Waals surface area contributed by atoms with E-state index in [1.165, 1.54) is 12.2 Å². The van der Waals surface area contributed by atoms with Crippen LogP contribution in [0, 0.1) is 0 Å². The van der Waals surface area contributed by atoms with Gasteiger partial charge in [0.25, 0.3) is 0 Å². The van der Waals surface area contributed by atoms with Crippen molar-refractivity contribution in [2.45, 2.75) is 45.2 Å². The quantitative estimate of drug-likeness (QED) is 0.698. The van der Waals surface area contributed by atoms with E-state index in [1.54, 1.807) is 0 Å². The van der Waals surface area contributed by atoms with Crippen molar-refractivity contribution in [3.8, 4) is 11.5 Å². The van der Waals surface area contributed by atoms with Gasteiger partial charge in [-0.15, -0.1) is 10.2 Å². The molecule has 1 saturated heterocycles. The van der Waals surface area contributed by atoms with Gasteiger partial charge in [-0.05, 0) is 45.4 Å². The summed E-state index contributed by atoms with van der Waals surface area (Å²) in [6.45, 7) is 7.14. The van der Waals surface area contributed by atoms with Crippen LogP contribution in [0.5, 0.6) is 0 Å². The smallest absolute Gasteiger partial charge is 0.247 e. The first kappa shape index (κ1) is 17.0. The first-order chi connectivity index (χ1) is 12.7. The van der Waals surface area contributed by atoms with Crippen LogP contribution in [-0.4, -0.2) is 37.7 Å². The van der Waals surface area contributed by atoms with Crippen molar-refractivity contribution in [3.63, 3.8) is 0 Å². The Balaban J connectivity index is 1.44. The Kier molecular flexibility index (Phi) is 4.84. The van der Waals surface area contributed by atoms with Gasteiger partial charge in [-0.1, -0.05) is 18.2 Å². The summed E-state index contributed by atoms with van der Waals surface area (Å²) in [4.78, 5) is 7.03. The third kappa shape index (κ3) is 3.55. The van der Waals surface area contributed by atoms with E-state index >= 15 is 0 Å². The van der Waals surface area contributed by atoms with E-state index in [4.69, 9.17) is 4.42 Å². The fourth-order valence-corrected chi connectivity index (χ4v) is 3.69. The third-order valence-electron chi connectivity index (χ3n) is 4.97. The molecule has 1 aliphatic heterocycles. The molecule has 1 fully saturated rings. The Hall–Kier alpha value is -2.47. The van der Waals surface area contributed by atoms with Crippen molar-refractivity contribution in [2.24, 2.45) is 0 Å². The Morgan fingerprint density at radius 2 is 2.04 bits per heavy atom. The summed E-state index contributed by atoms with van der Waals surface area (Å²) in [6, 6.07) is 10.3. The lowest BCUT2D eigenvalue weighted by molar-refractivity contribution is 0.178. The van der Waals surface area contributed by atoms with E-state index in [1.807, 2.05) is 36.5 Å². The Labute approximate surface area is 153 Å². The van der Waals surface area contributed by atoms with E-state index in [0.717, 1.165) is 25.1 Å². The van der Waals surface area contributed by atoms with Crippen LogP contribution in [0.3, 0.4) is 0 Å². The van der Waals surface area contributed by atoms with Crippen LogP contribution in [0.2, 0.25) is 0 Å². The zero-order chi connectivity index (χ0) is 17.9. The number of nitrogens with zero attached hydrogens (tertiary/aromatic N) is 5. The highest BCUT2D eigenvalue weighted by Crippen LogP contribution is 2.28. The molecule has 0 spiro atoms. The molecule has 0 N–H and O–H groups in total. The molecule has 0 amide bonds. The molecule has 0 bridgehead atoms. The average molecular weight is 351 g/mol. The van der Waals surface area contributed by atoms with Crippen LogP contribution in [-0.2, 0) is 6.54 Å². The molecule has 6 nitrogen and oxygen atoms in total. The summed E-state index contributed by atoms with van der Waals surface area (Å²) in [6.07, 6.45) is 6.34. The molecule has 3 heterocycles. The summed E-state index contributed by atoms with van der Waals surface area (Å²) in [5, 5.41) is 8.44. The average Bonchev–Trinajstić information content (AvgIpc) is 3.32. The van der Waals surface area contributed by atoms with Crippen molar-refractivity contribution in [2.75, 3.05) is 13.1 Å². The highest BCUT2D eigenvalue weighted by molar-refractivity contribution is 5.51. The van der Waals surface area contributed by atoms with Crippen LogP contribution in [0.1, 0.15) is 50.4 Å². The highest BCUT2D eigenvalue weighted by Gasteiger charge is 2.26. The van der Waals surface area contributed by atoms with Crippen molar-refractivity contribution in [1.29, 1.82) is 0 Å². The number of imidazole rings is 1. The number of likely N-dealkylation sites (tertiary alicyclic amines) is 1. The molecule has 26 heavy (non-hydrogen) atoms. The largest absolute Gasteiger partial charge is 0.419 e. The number of piperidine rings is 1. The van der Waals surface area contributed by atoms with Crippen LogP contribution >= 0.6 is 0 Å². The molecule has 4 rings (SSSR count). The van der Waals surface area contributed by atoms with Crippen molar-refractivity contribution < 1.29 is 4.42 Å². The predicted octanol–water partition coefficient (Wildman–Crippen LogP) is 3.89. The number of hydrogen-bond acceptors (Lipinski definition) is 5. The first-order valence-electron chi connectivity index (χ1n) is 9.33. The highest BCUT2D eigenvalue weighted by atomic mass is 16.4. The molecular formula is C20H25N5O. The van der Waals surface area contributed by atoms with Gasteiger partial charge in [0.15, 0.2) is 0 Å². The standard InChI is InChI=1S/C20H25N5O/c1-15(2)25-12-10-21-19(25)17-9-6-11-24(13-17)14-18-22-23-20(26-18)16-7-4-3-5-8-16/h3-5,7-8,10,12,15,17H,6,9,11,13-14H2,1-2H3/t17-/m0/s1. The van der Waals surface area contributed by atoms with Crippen LogP contribution < -0.4 is 0 Å². The zero-order valence-corrected chi connectivity index (χ0v) is 15.4. The molecule has 0 radical (unpaired) electrons. The van der Waals surface area contributed by atoms with Gasteiger partial charge in [0.05, 0.1) is 6.54 Å². The van der Waals surface area contributed by atoms with Crippen LogP contribution in [0.4, 0.5) is 0 Å². The summed E-state index contributed by atoms with van der Waals surface area (Å²) >= 11 is 0. The van der Waals surface area contributed by atoms with Crippen LogP contribution in [0.25, 0.3) is 11.5 Å².